The van der Waals surface area contributed by atoms with E-state index in [1.165, 1.54) is 6.08 Å². The summed E-state index contributed by atoms with van der Waals surface area (Å²) in [4.78, 5) is 12.2. The summed E-state index contributed by atoms with van der Waals surface area (Å²) in [5.74, 6) is -5.80. The Balaban J connectivity index is 2.25. The summed E-state index contributed by atoms with van der Waals surface area (Å²) in [5.41, 5.74) is -3.34. The molecule has 1 aromatic rings. The van der Waals surface area contributed by atoms with Crippen molar-refractivity contribution in [2.24, 2.45) is 17.3 Å². The molecule has 0 saturated heterocycles. The van der Waals surface area contributed by atoms with Gasteiger partial charge in [-0.25, -0.2) is 8.78 Å². The molecule has 0 heterocycles. The molecule has 0 spiro atoms. The minimum Gasteiger partial charge on any atom is -0.460 e. The van der Waals surface area contributed by atoms with Crippen molar-refractivity contribution < 1.29 is 31.5 Å². The van der Waals surface area contributed by atoms with Gasteiger partial charge in [0.15, 0.2) is 11.6 Å². The zero-order chi connectivity index (χ0) is 20.9. The lowest BCUT2D eigenvalue weighted by Crippen LogP contribution is -2.16. The van der Waals surface area contributed by atoms with Gasteiger partial charge in [-0.3, -0.25) is 4.79 Å². The number of alkyl halides is 3. The molecule has 1 saturated carbocycles. The first-order chi connectivity index (χ1) is 12.2. The number of hydrogen-bond acceptors (Lipinski definition) is 2. The summed E-state index contributed by atoms with van der Waals surface area (Å²) in [6.07, 6.45) is -3.89. The fourth-order valence-corrected chi connectivity index (χ4v) is 3.67. The number of ether oxygens (including phenoxy) is 1. The molecule has 27 heavy (non-hydrogen) atoms. The van der Waals surface area contributed by atoms with E-state index in [0.717, 1.165) is 0 Å². The maximum absolute atomic E-state index is 13.9. The fourth-order valence-electron chi connectivity index (χ4n) is 2.86. The lowest BCUT2D eigenvalue weighted by Gasteiger charge is -2.16. The normalized spacial score (nSPS) is 21.0. The first kappa shape index (κ1) is 22.5. The Kier molecular flexibility index (Phi) is 6.32. The van der Waals surface area contributed by atoms with Gasteiger partial charge in [-0.15, -0.1) is 0 Å². The Bertz CT molecular complexity index is 787. The summed E-state index contributed by atoms with van der Waals surface area (Å²) in [7, 11) is 0. The molecule has 1 aliphatic carbocycles. The lowest BCUT2D eigenvalue weighted by atomic mass is 10.1. The summed E-state index contributed by atoms with van der Waals surface area (Å²) in [6.45, 7) is 2.68. The Morgan fingerprint density at radius 2 is 1.63 bits per heavy atom. The third-order valence-corrected chi connectivity index (χ3v) is 5.51. The van der Waals surface area contributed by atoms with Crippen LogP contribution in [0.2, 0.25) is 10.0 Å². The van der Waals surface area contributed by atoms with Crippen LogP contribution < -0.4 is 0 Å². The van der Waals surface area contributed by atoms with E-state index in [2.05, 4.69) is 0 Å². The second-order valence-corrected chi connectivity index (χ2v) is 8.26. The van der Waals surface area contributed by atoms with E-state index < -0.39 is 62.9 Å². The minimum atomic E-state index is -5.34. The van der Waals surface area contributed by atoms with Gasteiger partial charge in [-0.2, -0.15) is 13.2 Å². The van der Waals surface area contributed by atoms with Gasteiger partial charge >= 0.3 is 12.1 Å². The second-order valence-electron chi connectivity index (χ2n) is 6.50. The van der Waals surface area contributed by atoms with E-state index in [1.807, 2.05) is 0 Å². The number of carbonyl (C=O) groups excluding carboxylic acids is 1. The highest BCUT2D eigenvalue weighted by Crippen LogP contribution is 2.60. The number of carbonyl (C=O) groups is 1. The van der Waals surface area contributed by atoms with Gasteiger partial charge in [-0.05, 0) is 17.4 Å². The van der Waals surface area contributed by atoms with Gasteiger partial charge in [0, 0.05) is 5.56 Å². The standard InChI is InChI=1S/C16H11Cl4F5O2/c1-15(2)6(3-7(17)18)8(15)14(26)27-4-5-10(19)12(21)9(16(23,24)25)13(22)11(5)20/h3,6,8H,4H2,1-2H3/t6-,8+/m1/s1. The van der Waals surface area contributed by atoms with E-state index in [-0.39, 0.29) is 10.4 Å². The van der Waals surface area contributed by atoms with Crippen molar-refractivity contribution in [3.63, 3.8) is 0 Å². The van der Waals surface area contributed by atoms with Crippen molar-refractivity contribution >= 4 is 52.4 Å². The molecule has 1 fully saturated rings. The molecule has 2 atom stereocenters. The molecule has 1 aromatic carbocycles. The summed E-state index contributed by atoms with van der Waals surface area (Å²) >= 11 is 22.3. The molecule has 11 heteroatoms. The smallest absolute Gasteiger partial charge is 0.422 e. The maximum atomic E-state index is 13.9. The highest BCUT2D eigenvalue weighted by Gasteiger charge is 2.61. The first-order valence-electron chi connectivity index (χ1n) is 7.32. The molecule has 0 aliphatic heterocycles. The Morgan fingerprint density at radius 1 is 1.15 bits per heavy atom. The van der Waals surface area contributed by atoms with Gasteiger partial charge in [-0.1, -0.05) is 60.3 Å². The molecule has 0 unspecified atom stereocenters. The SMILES string of the molecule is CC1(C)[C@H](C=C(Cl)Cl)[C@H]1C(=O)OCc1c(Cl)c(F)c(C(F)(F)F)c(F)c1Cl. The van der Waals surface area contributed by atoms with Crippen LogP contribution in [0.25, 0.3) is 0 Å². The molecule has 150 valence electrons. The van der Waals surface area contributed by atoms with Crippen LogP contribution in [0.1, 0.15) is 25.0 Å². The van der Waals surface area contributed by atoms with Crippen LogP contribution >= 0.6 is 46.4 Å². The highest BCUT2D eigenvalue weighted by atomic mass is 35.5. The van der Waals surface area contributed by atoms with E-state index in [0.29, 0.717) is 0 Å². The number of rotatable bonds is 4. The minimum absolute atomic E-state index is 0.0404. The highest BCUT2D eigenvalue weighted by molar-refractivity contribution is 6.55. The molecule has 0 N–H and O–H groups in total. The van der Waals surface area contributed by atoms with Crippen molar-refractivity contribution in [2.45, 2.75) is 26.6 Å². The van der Waals surface area contributed by atoms with Crippen molar-refractivity contribution in [3.8, 4) is 0 Å². The molecular formula is C16H11Cl4F5O2. The van der Waals surface area contributed by atoms with Gasteiger partial charge in [0.2, 0.25) is 0 Å². The Morgan fingerprint density at radius 3 is 2.04 bits per heavy atom. The lowest BCUT2D eigenvalue weighted by molar-refractivity contribution is -0.148. The van der Waals surface area contributed by atoms with Crippen molar-refractivity contribution in [2.75, 3.05) is 0 Å². The van der Waals surface area contributed by atoms with Crippen LogP contribution in [-0.4, -0.2) is 5.97 Å². The van der Waals surface area contributed by atoms with Gasteiger partial charge < -0.3 is 4.74 Å². The number of esters is 1. The van der Waals surface area contributed by atoms with Crippen LogP contribution in [0.4, 0.5) is 22.0 Å². The molecule has 0 bridgehead atoms. The molecule has 2 rings (SSSR count). The van der Waals surface area contributed by atoms with E-state index in [1.54, 1.807) is 13.8 Å². The topological polar surface area (TPSA) is 26.3 Å². The first-order valence-corrected chi connectivity index (χ1v) is 8.83. The van der Waals surface area contributed by atoms with Crippen LogP contribution in [-0.2, 0) is 22.3 Å². The maximum Gasteiger partial charge on any atom is 0.422 e. The van der Waals surface area contributed by atoms with E-state index >= 15 is 0 Å². The monoisotopic (exact) mass is 470 g/mol. The van der Waals surface area contributed by atoms with Crippen LogP contribution in [0, 0.1) is 28.9 Å². The average molecular weight is 472 g/mol. The fraction of sp³-hybridized carbons (Fsp3) is 0.438. The molecular weight excluding hydrogens is 461 g/mol. The van der Waals surface area contributed by atoms with Crippen molar-refractivity contribution in [1.29, 1.82) is 0 Å². The van der Waals surface area contributed by atoms with Crippen molar-refractivity contribution in [3.05, 3.63) is 43.4 Å². The molecule has 0 aromatic heterocycles. The van der Waals surface area contributed by atoms with Crippen LogP contribution in [0.5, 0.6) is 0 Å². The van der Waals surface area contributed by atoms with Crippen LogP contribution in [0.15, 0.2) is 10.6 Å². The molecule has 0 radical (unpaired) electrons. The summed E-state index contributed by atoms with van der Waals surface area (Å²) < 4.78 is 71.0. The van der Waals surface area contributed by atoms with Gasteiger partial charge in [0.25, 0.3) is 0 Å². The zero-order valence-corrected chi connectivity index (χ0v) is 16.7. The predicted molar refractivity (Wildman–Crippen MR) is 91.7 cm³/mol. The number of benzene rings is 1. The quantitative estimate of drug-likeness (QED) is 0.270. The average Bonchev–Trinajstić information content (AvgIpc) is 3.03. The number of halogens is 9. The molecule has 2 nitrogen and oxygen atoms in total. The third-order valence-electron chi connectivity index (χ3n) is 4.47. The zero-order valence-electron chi connectivity index (χ0n) is 13.7. The summed E-state index contributed by atoms with van der Waals surface area (Å²) in [6, 6.07) is 0. The van der Waals surface area contributed by atoms with Crippen molar-refractivity contribution in [1.82, 2.24) is 0 Å². The predicted octanol–water partition coefficient (Wildman–Crippen LogP) is 6.92. The largest absolute Gasteiger partial charge is 0.460 e. The molecule has 0 amide bonds. The van der Waals surface area contributed by atoms with Crippen LogP contribution in [0.3, 0.4) is 0 Å². The Labute approximate surface area is 171 Å². The van der Waals surface area contributed by atoms with Gasteiger partial charge in [0.1, 0.15) is 16.7 Å². The van der Waals surface area contributed by atoms with E-state index in [4.69, 9.17) is 51.1 Å². The van der Waals surface area contributed by atoms with E-state index in [9.17, 15) is 26.7 Å². The number of allylic oxidation sites excluding steroid dienone is 1. The van der Waals surface area contributed by atoms with Gasteiger partial charge in [0.05, 0.1) is 16.0 Å². The second kappa shape index (κ2) is 7.58. The summed E-state index contributed by atoms with van der Waals surface area (Å²) in [5, 5.41) is -2.14. The molecule has 1 aliphatic rings. The third kappa shape index (κ3) is 4.31. The Hall–Kier alpha value is -0.760. The number of hydrogen-bond donors (Lipinski definition) is 0.